The van der Waals surface area contributed by atoms with Crippen molar-refractivity contribution in [1.82, 2.24) is 5.32 Å². The summed E-state index contributed by atoms with van der Waals surface area (Å²) in [5.74, 6) is -0.419. The van der Waals surface area contributed by atoms with Crippen molar-refractivity contribution in [1.29, 1.82) is 0 Å². The molecule has 2 amide bonds. The lowest BCUT2D eigenvalue weighted by Gasteiger charge is -2.16. The number of ether oxygens (including phenoxy) is 1. The van der Waals surface area contributed by atoms with Crippen LogP contribution < -0.4 is 15.4 Å². The number of methoxy groups -OCH3 is 1. The number of fused-ring (bicyclic) bond motifs is 1. The Kier molecular flexibility index (Phi) is 7.71. The van der Waals surface area contributed by atoms with Crippen molar-refractivity contribution in [3.8, 4) is 5.75 Å². The molecule has 0 bridgehead atoms. The number of nitrogens with one attached hydrogen (secondary N) is 2. The van der Waals surface area contributed by atoms with Crippen LogP contribution in [0.2, 0.25) is 5.02 Å². The van der Waals surface area contributed by atoms with Crippen LogP contribution in [0.4, 0.5) is 5.69 Å². The third-order valence-electron chi connectivity index (χ3n) is 5.96. The lowest BCUT2D eigenvalue weighted by Crippen LogP contribution is -2.33. The summed E-state index contributed by atoms with van der Waals surface area (Å²) in [5, 5.41) is 8.30. The van der Waals surface area contributed by atoms with E-state index in [-0.39, 0.29) is 11.6 Å². The third-order valence-corrected chi connectivity index (χ3v) is 6.21. The molecule has 4 aromatic carbocycles. The van der Waals surface area contributed by atoms with Crippen molar-refractivity contribution >= 4 is 46.0 Å². The molecule has 2 N–H and O–H groups in total. The van der Waals surface area contributed by atoms with Gasteiger partial charge in [-0.25, -0.2) is 0 Å². The highest BCUT2D eigenvalue weighted by Crippen LogP contribution is 2.25. The van der Waals surface area contributed by atoms with Crippen LogP contribution in [0.1, 0.15) is 29.5 Å². The van der Waals surface area contributed by atoms with Crippen molar-refractivity contribution in [2.24, 2.45) is 0 Å². The van der Waals surface area contributed by atoms with Gasteiger partial charge in [0, 0.05) is 10.7 Å². The fraction of sp³-hybridized carbons (Fsp3) is 0.133. The highest BCUT2D eigenvalue weighted by molar-refractivity contribution is 6.30. The molecule has 0 saturated heterocycles. The zero-order chi connectivity index (χ0) is 25.7. The van der Waals surface area contributed by atoms with Gasteiger partial charge in [0.25, 0.3) is 5.91 Å². The van der Waals surface area contributed by atoms with E-state index in [0.717, 1.165) is 33.2 Å². The average Bonchev–Trinajstić information content (AvgIpc) is 2.89. The number of hydrogen-bond donors (Lipinski definition) is 2. The minimum Gasteiger partial charge on any atom is -0.497 e. The Balaban J connectivity index is 1.58. The number of carbonyl (C=O) groups excluding carboxylic acids is 2. The molecule has 36 heavy (non-hydrogen) atoms. The van der Waals surface area contributed by atoms with Crippen LogP contribution in [0.25, 0.3) is 16.8 Å². The quantitative estimate of drug-likeness (QED) is 0.278. The van der Waals surface area contributed by atoms with Gasteiger partial charge in [0.2, 0.25) is 5.91 Å². The van der Waals surface area contributed by atoms with Crippen molar-refractivity contribution in [3.05, 3.63) is 112 Å². The maximum atomic E-state index is 13.3. The Morgan fingerprint density at radius 2 is 1.56 bits per heavy atom. The average molecular weight is 499 g/mol. The topological polar surface area (TPSA) is 67.4 Å². The molecule has 6 heteroatoms. The summed E-state index contributed by atoms with van der Waals surface area (Å²) in [6.45, 7) is 3.79. The molecule has 0 aliphatic rings. The van der Waals surface area contributed by atoms with E-state index in [1.165, 1.54) is 0 Å². The van der Waals surface area contributed by atoms with E-state index in [4.69, 9.17) is 16.3 Å². The predicted octanol–water partition coefficient (Wildman–Crippen LogP) is 6.71. The number of halogens is 1. The molecule has 0 radical (unpaired) electrons. The molecule has 1 unspecified atom stereocenters. The monoisotopic (exact) mass is 498 g/mol. The number of benzene rings is 4. The van der Waals surface area contributed by atoms with Crippen LogP contribution >= 0.6 is 11.6 Å². The Labute approximate surface area is 215 Å². The van der Waals surface area contributed by atoms with Crippen molar-refractivity contribution in [2.45, 2.75) is 19.8 Å². The number of anilines is 1. The normalized spacial score (nSPS) is 12.2. The van der Waals surface area contributed by atoms with E-state index in [1.54, 1.807) is 37.5 Å². The molecule has 5 nitrogen and oxygen atoms in total. The van der Waals surface area contributed by atoms with E-state index >= 15 is 0 Å². The minimum atomic E-state index is -0.489. The van der Waals surface area contributed by atoms with Crippen LogP contribution in [0.15, 0.2) is 90.6 Å². The zero-order valence-electron chi connectivity index (χ0n) is 20.3. The molecule has 0 aliphatic heterocycles. The lowest BCUT2D eigenvalue weighted by molar-refractivity contribution is -0.123. The molecule has 182 valence electrons. The first-order valence-corrected chi connectivity index (χ1v) is 11.9. The van der Waals surface area contributed by atoms with Gasteiger partial charge in [-0.2, -0.15) is 0 Å². The molecule has 0 saturated carbocycles. The fourth-order valence-corrected chi connectivity index (χ4v) is 3.88. The van der Waals surface area contributed by atoms with E-state index < -0.39 is 11.8 Å². The predicted molar refractivity (Wildman–Crippen MR) is 146 cm³/mol. The molecule has 4 rings (SSSR count). The Morgan fingerprint density at radius 3 is 2.25 bits per heavy atom. The Hall–Kier alpha value is -4.09. The van der Waals surface area contributed by atoms with Gasteiger partial charge in [0.05, 0.1) is 13.0 Å². The van der Waals surface area contributed by atoms with Gasteiger partial charge in [-0.3, -0.25) is 9.59 Å². The first-order chi connectivity index (χ1) is 17.3. The van der Waals surface area contributed by atoms with Gasteiger partial charge in [-0.05, 0) is 78.2 Å². The van der Waals surface area contributed by atoms with E-state index in [0.29, 0.717) is 10.7 Å². The highest BCUT2D eigenvalue weighted by Gasteiger charge is 2.20. The van der Waals surface area contributed by atoms with E-state index in [2.05, 4.69) is 10.6 Å². The summed E-state index contributed by atoms with van der Waals surface area (Å²) >= 11 is 6.01. The van der Waals surface area contributed by atoms with Gasteiger partial charge in [0.1, 0.15) is 11.4 Å². The summed E-state index contributed by atoms with van der Waals surface area (Å²) in [6.07, 6.45) is 1.64. The van der Waals surface area contributed by atoms with Gasteiger partial charge in [-0.15, -0.1) is 0 Å². The van der Waals surface area contributed by atoms with Gasteiger partial charge >= 0.3 is 0 Å². The molecule has 0 fully saturated rings. The van der Waals surface area contributed by atoms with Crippen LogP contribution in [0, 0.1) is 6.92 Å². The Morgan fingerprint density at radius 1 is 0.889 bits per heavy atom. The second-order valence-corrected chi connectivity index (χ2v) is 9.05. The summed E-state index contributed by atoms with van der Waals surface area (Å²) in [6, 6.07) is 26.2. The fourth-order valence-electron chi connectivity index (χ4n) is 3.75. The third kappa shape index (κ3) is 6.12. The molecule has 0 heterocycles. The number of amides is 2. The number of hydrogen-bond acceptors (Lipinski definition) is 3. The number of aryl methyl sites for hydroxylation is 1. The second-order valence-electron chi connectivity index (χ2n) is 8.61. The van der Waals surface area contributed by atoms with Crippen LogP contribution in [0.5, 0.6) is 5.75 Å². The first-order valence-electron chi connectivity index (χ1n) is 11.6. The maximum absolute atomic E-state index is 13.3. The van der Waals surface area contributed by atoms with Crippen LogP contribution in [-0.4, -0.2) is 18.9 Å². The van der Waals surface area contributed by atoms with Gasteiger partial charge in [0.15, 0.2) is 0 Å². The number of rotatable bonds is 7. The standard InChI is InChI=1S/C30H27ClN2O3/c1-19-4-13-26(14-5-19)32-30(35)28(16-21-6-11-25(31)12-7-21)33-29(34)20(2)22-8-9-24-18-27(36-3)15-10-23(24)17-22/h4-18,20H,1-3H3,(H,32,35)(H,33,34)/b28-16+. The number of carbonyl (C=O) groups is 2. The Bertz CT molecular complexity index is 1430. The summed E-state index contributed by atoms with van der Waals surface area (Å²) in [7, 11) is 1.63. The summed E-state index contributed by atoms with van der Waals surface area (Å²) in [5.41, 5.74) is 3.44. The van der Waals surface area contributed by atoms with E-state index in [9.17, 15) is 9.59 Å². The van der Waals surface area contributed by atoms with Crippen molar-refractivity contribution < 1.29 is 14.3 Å². The summed E-state index contributed by atoms with van der Waals surface area (Å²) < 4.78 is 5.29. The zero-order valence-corrected chi connectivity index (χ0v) is 21.1. The summed E-state index contributed by atoms with van der Waals surface area (Å²) in [4.78, 5) is 26.4. The molecule has 1 atom stereocenters. The molecule has 0 aliphatic carbocycles. The molecular formula is C30H27ClN2O3. The maximum Gasteiger partial charge on any atom is 0.272 e. The molecule has 0 aromatic heterocycles. The molecular weight excluding hydrogens is 472 g/mol. The minimum absolute atomic E-state index is 0.139. The van der Waals surface area contributed by atoms with Gasteiger partial charge in [-0.1, -0.05) is 65.7 Å². The SMILES string of the molecule is COc1ccc2cc(C(C)C(=O)N/C(=C/c3ccc(Cl)cc3)C(=O)Nc3ccc(C)cc3)ccc2c1. The van der Waals surface area contributed by atoms with Crippen LogP contribution in [-0.2, 0) is 9.59 Å². The van der Waals surface area contributed by atoms with Crippen LogP contribution in [0.3, 0.4) is 0 Å². The van der Waals surface area contributed by atoms with Crippen molar-refractivity contribution in [2.75, 3.05) is 12.4 Å². The largest absolute Gasteiger partial charge is 0.497 e. The first kappa shape index (κ1) is 25.0. The van der Waals surface area contributed by atoms with E-state index in [1.807, 2.05) is 74.5 Å². The lowest BCUT2D eigenvalue weighted by atomic mass is 9.97. The second kappa shape index (κ2) is 11.1. The van der Waals surface area contributed by atoms with Crippen molar-refractivity contribution in [3.63, 3.8) is 0 Å². The highest BCUT2D eigenvalue weighted by atomic mass is 35.5. The van der Waals surface area contributed by atoms with Gasteiger partial charge < -0.3 is 15.4 Å². The smallest absolute Gasteiger partial charge is 0.272 e. The molecule has 0 spiro atoms. The molecule has 4 aromatic rings.